The Hall–Kier alpha value is -1.68. The molecule has 0 radical (unpaired) electrons. The second-order valence-corrected chi connectivity index (χ2v) is 4.94. The Bertz CT molecular complexity index is 468. The van der Waals surface area contributed by atoms with Gasteiger partial charge in [0.05, 0.1) is 0 Å². The summed E-state index contributed by atoms with van der Waals surface area (Å²) in [4.78, 5) is 16.4. The van der Waals surface area contributed by atoms with Gasteiger partial charge in [0.15, 0.2) is 0 Å². The van der Waals surface area contributed by atoms with Crippen LogP contribution in [0.4, 0.5) is 0 Å². The number of amidine groups is 1. The first kappa shape index (κ1) is 13.7. The second kappa shape index (κ2) is 5.97. The number of hydrogen-bond acceptors (Lipinski definition) is 3. The molecule has 19 heavy (non-hydrogen) atoms. The van der Waals surface area contributed by atoms with E-state index in [0.717, 1.165) is 5.56 Å². The minimum Gasteiger partial charge on any atom is -0.366 e. The number of amides is 1. The molecule has 0 fully saturated rings. The van der Waals surface area contributed by atoms with Gasteiger partial charge in [-0.3, -0.25) is 9.79 Å². The fourth-order valence-corrected chi connectivity index (χ4v) is 2.15. The number of aliphatic imine (C=N–C) groups is 1. The van der Waals surface area contributed by atoms with Crippen LogP contribution in [0.5, 0.6) is 0 Å². The van der Waals surface area contributed by atoms with Crippen molar-refractivity contribution in [3.63, 3.8) is 0 Å². The zero-order valence-electron chi connectivity index (χ0n) is 11.6. The van der Waals surface area contributed by atoms with Gasteiger partial charge in [-0.2, -0.15) is 0 Å². The Kier molecular flexibility index (Phi) is 4.32. The molecule has 2 unspecified atom stereocenters. The summed E-state index contributed by atoms with van der Waals surface area (Å²) in [6.07, 6.45) is -0.293. The molecule has 0 aliphatic carbocycles. The van der Waals surface area contributed by atoms with Gasteiger partial charge in [0, 0.05) is 6.61 Å². The van der Waals surface area contributed by atoms with Crippen molar-refractivity contribution >= 4 is 11.7 Å². The number of ether oxygens (including phenoxy) is 1. The van der Waals surface area contributed by atoms with E-state index in [1.807, 2.05) is 51.1 Å². The zero-order chi connectivity index (χ0) is 13.8. The lowest BCUT2D eigenvalue weighted by atomic mass is 10.1. The number of nitrogens with zero attached hydrogens (tertiary/aromatic N) is 1. The van der Waals surface area contributed by atoms with Crippen molar-refractivity contribution < 1.29 is 9.53 Å². The van der Waals surface area contributed by atoms with Crippen LogP contribution < -0.4 is 5.32 Å². The van der Waals surface area contributed by atoms with Crippen molar-refractivity contribution in [3.05, 3.63) is 35.9 Å². The van der Waals surface area contributed by atoms with Gasteiger partial charge in [-0.1, -0.05) is 44.2 Å². The van der Waals surface area contributed by atoms with Gasteiger partial charge in [-0.05, 0) is 18.4 Å². The van der Waals surface area contributed by atoms with Crippen molar-refractivity contribution in [2.75, 3.05) is 6.61 Å². The molecule has 4 heteroatoms. The van der Waals surface area contributed by atoms with Gasteiger partial charge in [0.1, 0.15) is 18.0 Å². The topological polar surface area (TPSA) is 50.7 Å². The Labute approximate surface area is 113 Å². The third-order valence-electron chi connectivity index (χ3n) is 3.11. The van der Waals surface area contributed by atoms with E-state index < -0.39 is 0 Å². The van der Waals surface area contributed by atoms with E-state index in [4.69, 9.17) is 4.74 Å². The Morgan fingerprint density at radius 2 is 2.00 bits per heavy atom. The third kappa shape index (κ3) is 3.01. The van der Waals surface area contributed by atoms with Gasteiger partial charge < -0.3 is 10.1 Å². The molecule has 1 N–H and O–H groups in total. The third-order valence-corrected chi connectivity index (χ3v) is 3.11. The molecule has 0 bridgehead atoms. The molecule has 4 nitrogen and oxygen atoms in total. The van der Waals surface area contributed by atoms with Crippen LogP contribution in [0.25, 0.3) is 0 Å². The highest BCUT2D eigenvalue weighted by Crippen LogP contribution is 2.23. The highest BCUT2D eigenvalue weighted by molar-refractivity contribution is 6.08. The monoisotopic (exact) mass is 260 g/mol. The molecule has 1 aliphatic heterocycles. The molecule has 0 aromatic heterocycles. The highest BCUT2D eigenvalue weighted by Gasteiger charge is 2.33. The first-order valence-corrected chi connectivity index (χ1v) is 6.68. The predicted molar refractivity (Wildman–Crippen MR) is 75.0 cm³/mol. The van der Waals surface area contributed by atoms with Crippen molar-refractivity contribution in [1.82, 2.24) is 5.32 Å². The van der Waals surface area contributed by atoms with Gasteiger partial charge in [0.25, 0.3) is 0 Å². The van der Waals surface area contributed by atoms with Gasteiger partial charge in [0.2, 0.25) is 5.91 Å². The van der Waals surface area contributed by atoms with Gasteiger partial charge in [-0.15, -0.1) is 0 Å². The maximum absolute atomic E-state index is 11.9. The Balaban J connectivity index is 2.26. The van der Waals surface area contributed by atoms with Crippen molar-refractivity contribution in [1.29, 1.82) is 0 Å². The molecular formula is C15H20N2O2. The number of benzene rings is 1. The van der Waals surface area contributed by atoms with Crippen molar-refractivity contribution in [2.24, 2.45) is 10.9 Å². The minimum absolute atomic E-state index is 0.0364. The summed E-state index contributed by atoms with van der Waals surface area (Å²) in [5, 5.41) is 2.85. The average Bonchev–Trinajstić information content (AvgIpc) is 2.79. The normalized spacial score (nSPS) is 20.3. The Morgan fingerprint density at radius 3 is 2.53 bits per heavy atom. The summed E-state index contributed by atoms with van der Waals surface area (Å²) in [5.74, 6) is 0.776. The minimum atomic E-state index is -0.304. The van der Waals surface area contributed by atoms with Crippen molar-refractivity contribution in [3.8, 4) is 0 Å². The number of carbonyl (C=O) groups is 1. The van der Waals surface area contributed by atoms with Gasteiger partial charge >= 0.3 is 0 Å². The molecule has 1 aliphatic rings. The van der Waals surface area contributed by atoms with E-state index in [9.17, 15) is 4.79 Å². The maximum atomic E-state index is 11.9. The van der Waals surface area contributed by atoms with Crippen LogP contribution >= 0.6 is 0 Å². The fourth-order valence-electron chi connectivity index (χ4n) is 2.15. The van der Waals surface area contributed by atoms with E-state index in [1.54, 1.807) is 0 Å². The molecule has 2 rings (SSSR count). The Morgan fingerprint density at radius 1 is 1.32 bits per heavy atom. The molecule has 0 saturated carbocycles. The van der Waals surface area contributed by atoms with Crippen molar-refractivity contribution in [2.45, 2.75) is 32.9 Å². The standard InChI is InChI=1S/C15H20N2O2/c1-4-19-13(11-8-6-5-7-9-11)14-16-12(10(2)3)15(18)17-14/h5-10,12-13H,4H2,1-3H3,(H,16,17,18). The fraction of sp³-hybridized carbons (Fsp3) is 0.467. The molecular weight excluding hydrogens is 240 g/mol. The largest absolute Gasteiger partial charge is 0.366 e. The SMILES string of the molecule is CCOC(C1=NC(C(C)C)C(=O)N1)c1ccccc1. The quantitative estimate of drug-likeness (QED) is 0.883. The summed E-state index contributed by atoms with van der Waals surface area (Å²) >= 11 is 0. The van der Waals surface area contributed by atoms with E-state index in [0.29, 0.717) is 12.4 Å². The molecule has 2 atom stereocenters. The lowest BCUT2D eigenvalue weighted by Crippen LogP contribution is -2.34. The number of carbonyl (C=O) groups excluding carboxylic acids is 1. The predicted octanol–water partition coefficient (Wildman–Crippen LogP) is 2.32. The summed E-state index contributed by atoms with van der Waals surface area (Å²) in [6.45, 7) is 6.50. The zero-order valence-corrected chi connectivity index (χ0v) is 11.6. The molecule has 0 spiro atoms. The van der Waals surface area contributed by atoms with Crippen LogP contribution in [0.15, 0.2) is 35.3 Å². The molecule has 1 amide bonds. The summed E-state index contributed by atoms with van der Waals surface area (Å²) in [7, 11) is 0. The van der Waals surface area contributed by atoms with Crippen LogP contribution in [0, 0.1) is 5.92 Å². The van der Waals surface area contributed by atoms with Gasteiger partial charge in [-0.25, -0.2) is 0 Å². The highest BCUT2D eigenvalue weighted by atomic mass is 16.5. The molecule has 1 aromatic rings. The number of hydrogen-bond donors (Lipinski definition) is 1. The van der Waals surface area contributed by atoms with E-state index in [2.05, 4.69) is 10.3 Å². The van der Waals surface area contributed by atoms with Crippen LogP contribution in [0.3, 0.4) is 0 Å². The number of rotatable bonds is 5. The van der Waals surface area contributed by atoms with E-state index >= 15 is 0 Å². The first-order valence-electron chi connectivity index (χ1n) is 6.68. The number of nitrogens with one attached hydrogen (secondary N) is 1. The lowest BCUT2D eigenvalue weighted by molar-refractivity contribution is -0.120. The van der Waals surface area contributed by atoms with Crippen LogP contribution in [-0.2, 0) is 9.53 Å². The summed E-state index contributed by atoms with van der Waals surface area (Å²) in [5.41, 5.74) is 1.01. The molecule has 1 aromatic carbocycles. The molecule has 0 saturated heterocycles. The average molecular weight is 260 g/mol. The molecule has 1 heterocycles. The van der Waals surface area contributed by atoms with Crippen LogP contribution in [-0.4, -0.2) is 24.4 Å². The molecule has 102 valence electrons. The first-order chi connectivity index (χ1) is 9.13. The second-order valence-electron chi connectivity index (χ2n) is 4.94. The van der Waals surface area contributed by atoms with E-state index in [-0.39, 0.29) is 24.0 Å². The summed E-state index contributed by atoms with van der Waals surface area (Å²) < 4.78 is 5.74. The lowest BCUT2D eigenvalue weighted by Gasteiger charge is -2.17. The maximum Gasteiger partial charge on any atom is 0.250 e. The van der Waals surface area contributed by atoms with Crippen LogP contribution in [0.2, 0.25) is 0 Å². The summed E-state index contributed by atoms with van der Waals surface area (Å²) in [6, 6.07) is 9.53. The smallest absolute Gasteiger partial charge is 0.250 e. The van der Waals surface area contributed by atoms with E-state index in [1.165, 1.54) is 0 Å². The van der Waals surface area contributed by atoms with Crippen LogP contribution in [0.1, 0.15) is 32.4 Å².